The largest absolute Gasteiger partial charge is 0.395 e. The molecular weight excluding hydrogens is 332 g/mol. The Labute approximate surface area is 133 Å². The van der Waals surface area contributed by atoms with Crippen molar-refractivity contribution in [3.63, 3.8) is 0 Å². The summed E-state index contributed by atoms with van der Waals surface area (Å²) in [4.78, 5) is 17.2. The third-order valence-corrected chi connectivity index (χ3v) is 5.39. The second-order valence-corrected chi connectivity index (χ2v) is 6.77. The van der Waals surface area contributed by atoms with E-state index in [1.165, 1.54) is 0 Å². The van der Waals surface area contributed by atoms with E-state index in [4.69, 9.17) is 0 Å². The van der Waals surface area contributed by atoms with Gasteiger partial charge in [0.25, 0.3) is 0 Å². The predicted molar refractivity (Wildman–Crippen MR) is 86.6 cm³/mol. The van der Waals surface area contributed by atoms with Crippen LogP contribution >= 0.6 is 15.9 Å². The van der Waals surface area contributed by atoms with Gasteiger partial charge in [-0.05, 0) is 56.2 Å². The lowest BCUT2D eigenvalue weighted by molar-refractivity contribution is -0.125. The van der Waals surface area contributed by atoms with Crippen LogP contribution in [0.15, 0.2) is 22.7 Å². The van der Waals surface area contributed by atoms with Gasteiger partial charge in [-0.15, -0.1) is 0 Å². The van der Waals surface area contributed by atoms with Crippen LogP contribution in [0.4, 0.5) is 5.69 Å². The van der Waals surface area contributed by atoms with Crippen molar-refractivity contribution in [3.8, 4) is 0 Å². The Kier molecular flexibility index (Phi) is 4.08. The molecule has 2 aliphatic heterocycles. The van der Waals surface area contributed by atoms with Crippen molar-refractivity contribution in [1.82, 2.24) is 4.90 Å². The number of likely N-dealkylation sites (tertiary alicyclic amines) is 1. The van der Waals surface area contributed by atoms with Gasteiger partial charge in [-0.3, -0.25) is 4.79 Å². The molecule has 114 valence electrons. The zero-order valence-corrected chi connectivity index (χ0v) is 13.9. The fraction of sp³-hybridized carbons (Fsp3) is 0.562. The van der Waals surface area contributed by atoms with Crippen LogP contribution in [0.5, 0.6) is 0 Å². The number of nitrogens with zero attached hydrogens (tertiary/aromatic N) is 2. The van der Waals surface area contributed by atoms with Crippen LogP contribution in [0.2, 0.25) is 0 Å². The molecule has 2 aliphatic rings. The third-order valence-electron chi connectivity index (χ3n) is 4.90. The van der Waals surface area contributed by atoms with Crippen LogP contribution in [0.1, 0.15) is 25.3 Å². The zero-order chi connectivity index (χ0) is 15.0. The summed E-state index contributed by atoms with van der Waals surface area (Å²) in [7, 11) is 0. The van der Waals surface area contributed by atoms with Gasteiger partial charge >= 0.3 is 0 Å². The predicted octanol–water partition coefficient (Wildman–Crippen LogP) is 2.14. The van der Waals surface area contributed by atoms with E-state index >= 15 is 0 Å². The number of rotatable bonds is 3. The maximum Gasteiger partial charge on any atom is 0.237 e. The third kappa shape index (κ3) is 2.31. The number of benzene rings is 1. The molecular formula is C16H21BrN2O2. The van der Waals surface area contributed by atoms with E-state index in [0.29, 0.717) is 6.54 Å². The van der Waals surface area contributed by atoms with Crippen molar-refractivity contribution in [2.45, 2.75) is 25.2 Å². The highest BCUT2D eigenvalue weighted by molar-refractivity contribution is 9.10. The highest BCUT2D eigenvalue weighted by Gasteiger charge is 2.51. The Bertz CT molecular complexity index is 553. The Hall–Kier alpha value is -0.910. The van der Waals surface area contributed by atoms with E-state index in [-0.39, 0.29) is 17.9 Å². The topological polar surface area (TPSA) is 43.8 Å². The van der Waals surface area contributed by atoms with Gasteiger partial charge in [0.15, 0.2) is 0 Å². The molecule has 0 bridgehead atoms. The molecule has 0 unspecified atom stereocenters. The lowest BCUT2D eigenvalue weighted by Crippen LogP contribution is -2.49. The van der Waals surface area contributed by atoms with Crippen molar-refractivity contribution in [3.05, 3.63) is 28.2 Å². The summed E-state index contributed by atoms with van der Waals surface area (Å²) in [5, 5.41) is 9.28. The average Bonchev–Trinajstić information content (AvgIpc) is 2.71. The van der Waals surface area contributed by atoms with E-state index < -0.39 is 0 Å². The van der Waals surface area contributed by atoms with Gasteiger partial charge in [0.1, 0.15) is 0 Å². The minimum Gasteiger partial charge on any atom is -0.395 e. The van der Waals surface area contributed by atoms with E-state index in [1.807, 2.05) is 12.1 Å². The summed E-state index contributed by atoms with van der Waals surface area (Å²) in [6.07, 6.45) is 1.73. The summed E-state index contributed by atoms with van der Waals surface area (Å²) in [6, 6.07) is 6.05. The second-order valence-electron chi connectivity index (χ2n) is 5.86. The van der Waals surface area contributed by atoms with Crippen LogP contribution in [0, 0.1) is 0 Å². The van der Waals surface area contributed by atoms with Gasteiger partial charge < -0.3 is 14.9 Å². The number of anilines is 1. The molecule has 21 heavy (non-hydrogen) atoms. The molecule has 3 rings (SSSR count). The molecule has 2 heterocycles. The van der Waals surface area contributed by atoms with Crippen molar-refractivity contribution >= 4 is 27.5 Å². The monoisotopic (exact) mass is 352 g/mol. The van der Waals surface area contributed by atoms with Crippen molar-refractivity contribution < 1.29 is 9.90 Å². The first-order valence-corrected chi connectivity index (χ1v) is 8.37. The molecule has 1 spiro atoms. The summed E-state index contributed by atoms with van der Waals surface area (Å²) in [6.45, 7) is 5.50. The number of aliphatic hydroxyl groups excluding tert-OH is 1. The molecule has 4 nitrogen and oxygen atoms in total. The number of amides is 1. The van der Waals surface area contributed by atoms with E-state index in [0.717, 1.165) is 48.2 Å². The molecule has 1 aromatic rings. The van der Waals surface area contributed by atoms with Crippen molar-refractivity contribution in [2.75, 3.05) is 37.7 Å². The first-order chi connectivity index (χ1) is 10.1. The Morgan fingerprint density at radius 3 is 2.67 bits per heavy atom. The molecule has 0 aromatic heterocycles. The fourth-order valence-electron chi connectivity index (χ4n) is 3.67. The van der Waals surface area contributed by atoms with Crippen LogP contribution in [0.3, 0.4) is 0 Å². The molecule has 0 atom stereocenters. The highest BCUT2D eigenvalue weighted by atomic mass is 79.9. The lowest BCUT2D eigenvalue weighted by atomic mass is 9.73. The normalized spacial score (nSPS) is 21.1. The first kappa shape index (κ1) is 15.0. The van der Waals surface area contributed by atoms with Gasteiger partial charge in [0.2, 0.25) is 5.91 Å². The van der Waals surface area contributed by atoms with E-state index in [2.05, 4.69) is 33.8 Å². The fourth-order valence-corrected chi connectivity index (χ4v) is 4.03. The molecule has 0 aliphatic carbocycles. The quantitative estimate of drug-likeness (QED) is 0.906. The summed E-state index contributed by atoms with van der Waals surface area (Å²) in [5.41, 5.74) is 1.72. The maximum atomic E-state index is 13.0. The number of β-amino-alcohol motifs (C(OH)–C–C–N with tert-alkyl or cyclic N) is 1. The number of piperidine rings is 1. The molecule has 1 fully saturated rings. The highest BCUT2D eigenvalue weighted by Crippen LogP contribution is 2.48. The zero-order valence-electron chi connectivity index (χ0n) is 12.3. The molecule has 1 amide bonds. The molecule has 1 N–H and O–H groups in total. The summed E-state index contributed by atoms with van der Waals surface area (Å²) >= 11 is 3.53. The summed E-state index contributed by atoms with van der Waals surface area (Å²) in [5.74, 6) is 0.167. The minimum atomic E-state index is -0.389. The van der Waals surface area contributed by atoms with Crippen LogP contribution in [-0.2, 0) is 10.2 Å². The van der Waals surface area contributed by atoms with E-state index in [1.54, 1.807) is 4.90 Å². The number of carbonyl (C=O) groups is 1. The Balaban J connectivity index is 2.02. The number of hydrogen-bond acceptors (Lipinski definition) is 3. The van der Waals surface area contributed by atoms with Crippen molar-refractivity contribution in [2.24, 2.45) is 0 Å². The standard InChI is InChI=1S/C16H21BrN2O2/c1-2-18-7-5-16(6-8-18)13-11-12(17)3-4-14(13)19(9-10-20)15(16)21/h3-4,11,20H,2,5-10H2,1H3. The van der Waals surface area contributed by atoms with Crippen LogP contribution in [-0.4, -0.2) is 48.7 Å². The molecule has 5 heteroatoms. The molecule has 0 saturated carbocycles. The van der Waals surface area contributed by atoms with E-state index in [9.17, 15) is 9.90 Å². The second kappa shape index (κ2) is 5.71. The van der Waals surface area contributed by atoms with Gasteiger partial charge in [0.05, 0.1) is 12.0 Å². The summed E-state index contributed by atoms with van der Waals surface area (Å²) < 4.78 is 1.01. The molecule has 1 aromatic carbocycles. The molecule has 0 radical (unpaired) electrons. The van der Waals surface area contributed by atoms with Crippen LogP contribution in [0.25, 0.3) is 0 Å². The Morgan fingerprint density at radius 1 is 1.33 bits per heavy atom. The average molecular weight is 353 g/mol. The maximum absolute atomic E-state index is 13.0. The van der Waals surface area contributed by atoms with Crippen molar-refractivity contribution in [1.29, 1.82) is 0 Å². The van der Waals surface area contributed by atoms with Gasteiger partial charge in [0, 0.05) is 16.7 Å². The SMILES string of the molecule is CCN1CCC2(CC1)C(=O)N(CCO)c1ccc(Br)cc12. The Morgan fingerprint density at radius 2 is 2.05 bits per heavy atom. The van der Waals surface area contributed by atoms with Gasteiger partial charge in [-0.2, -0.15) is 0 Å². The van der Waals surface area contributed by atoms with Gasteiger partial charge in [-0.1, -0.05) is 22.9 Å². The minimum absolute atomic E-state index is 0.00158. The number of hydrogen-bond donors (Lipinski definition) is 1. The molecule has 1 saturated heterocycles. The number of fused-ring (bicyclic) bond motifs is 2. The van der Waals surface area contributed by atoms with Gasteiger partial charge in [-0.25, -0.2) is 0 Å². The number of aliphatic hydroxyl groups is 1. The first-order valence-electron chi connectivity index (χ1n) is 7.57. The number of halogens is 1. The van der Waals surface area contributed by atoms with Crippen LogP contribution < -0.4 is 4.90 Å². The smallest absolute Gasteiger partial charge is 0.237 e. The number of carbonyl (C=O) groups excluding carboxylic acids is 1. The lowest BCUT2D eigenvalue weighted by Gasteiger charge is -2.38.